The number of ether oxygens (including phenoxy) is 3. The average molecular weight is 408 g/mol. The van der Waals surface area contributed by atoms with Gasteiger partial charge in [-0.3, -0.25) is 10.1 Å². The van der Waals surface area contributed by atoms with E-state index in [0.717, 1.165) is 22.8 Å². The zero-order chi connectivity index (χ0) is 20.9. The third-order valence-corrected chi connectivity index (χ3v) is 4.53. The standard InChI is InChI=1S/C21H20N4O5/c1-28-11-12-29-17-7-5-15(6-8-17)24-14-23-21(19-9-10-22-20(19)24)30-18-4-2-3-16(13-18)25(26)27/h2-10,13,22H,11-12,14H2,1H3. The van der Waals surface area contributed by atoms with Gasteiger partial charge in [0.15, 0.2) is 0 Å². The molecule has 0 aliphatic carbocycles. The molecule has 1 aliphatic heterocycles. The zero-order valence-corrected chi connectivity index (χ0v) is 16.3. The van der Waals surface area contributed by atoms with Crippen LogP contribution < -0.4 is 14.4 Å². The number of benzene rings is 2. The minimum absolute atomic E-state index is 0.0346. The van der Waals surface area contributed by atoms with Crippen LogP contribution in [0, 0.1) is 10.1 Å². The van der Waals surface area contributed by atoms with Crippen molar-refractivity contribution in [3.8, 4) is 11.5 Å². The molecule has 0 spiro atoms. The minimum Gasteiger partial charge on any atom is -0.491 e. The summed E-state index contributed by atoms with van der Waals surface area (Å²) in [5, 5.41) is 11.0. The highest BCUT2D eigenvalue weighted by Crippen LogP contribution is 2.32. The first-order valence-corrected chi connectivity index (χ1v) is 9.29. The molecule has 0 unspecified atom stereocenters. The summed E-state index contributed by atoms with van der Waals surface area (Å²) >= 11 is 0. The summed E-state index contributed by atoms with van der Waals surface area (Å²) in [6, 6.07) is 15.6. The van der Waals surface area contributed by atoms with E-state index in [0.29, 0.717) is 31.5 Å². The van der Waals surface area contributed by atoms with E-state index >= 15 is 0 Å². The van der Waals surface area contributed by atoms with E-state index in [2.05, 4.69) is 9.98 Å². The SMILES string of the molecule is COCCOc1ccc(N2CN=C(Oc3cccc([N+](=O)[O-])c3)c3cc[nH]c32)cc1. The van der Waals surface area contributed by atoms with Crippen LogP contribution in [0.25, 0.3) is 0 Å². The molecule has 0 saturated carbocycles. The summed E-state index contributed by atoms with van der Waals surface area (Å²) in [7, 11) is 1.63. The topological polar surface area (TPSA) is 102 Å². The molecule has 1 aliphatic rings. The van der Waals surface area contributed by atoms with Crippen LogP contribution in [0.2, 0.25) is 0 Å². The maximum atomic E-state index is 11.0. The number of nitrogens with one attached hydrogen (secondary N) is 1. The van der Waals surface area contributed by atoms with Crippen LogP contribution in [0.1, 0.15) is 5.56 Å². The number of nitro benzene ring substituents is 1. The molecule has 2 heterocycles. The Bertz CT molecular complexity index is 1060. The second-order valence-electron chi connectivity index (χ2n) is 6.46. The number of aromatic nitrogens is 1. The Balaban J connectivity index is 1.52. The molecule has 154 valence electrons. The first-order chi connectivity index (χ1) is 14.7. The van der Waals surface area contributed by atoms with E-state index in [1.54, 1.807) is 25.4 Å². The van der Waals surface area contributed by atoms with Gasteiger partial charge in [0.2, 0.25) is 5.90 Å². The number of aliphatic imine (C=N–C) groups is 1. The van der Waals surface area contributed by atoms with Crippen molar-refractivity contribution in [1.29, 1.82) is 0 Å². The van der Waals surface area contributed by atoms with Crippen molar-refractivity contribution in [3.63, 3.8) is 0 Å². The fraction of sp³-hybridized carbons (Fsp3) is 0.190. The maximum Gasteiger partial charge on any atom is 0.273 e. The molecule has 0 saturated heterocycles. The van der Waals surface area contributed by atoms with Gasteiger partial charge in [-0.25, -0.2) is 4.99 Å². The van der Waals surface area contributed by atoms with Crippen molar-refractivity contribution in [2.24, 2.45) is 4.99 Å². The van der Waals surface area contributed by atoms with Crippen LogP contribution >= 0.6 is 0 Å². The fourth-order valence-corrected chi connectivity index (χ4v) is 3.08. The Hall–Kier alpha value is -3.85. The molecule has 1 N–H and O–H groups in total. The van der Waals surface area contributed by atoms with Crippen molar-refractivity contribution < 1.29 is 19.1 Å². The smallest absolute Gasteiger partial charge is 0.273 e. The number of non-ortho nitro benzene ring substituents is 1. The molecule has 9 nitrogen and oxygen atoms in total. The number of methoxy groups -OCH3 is 1. The van der Waals surface area contributed by atoms with Gasteiger partial charge in [0.05, 0.1) is 23.2 Å². The van der Waals surface area contributed by atoms with Gasteiger partial charge in [0.1, 0.15) is 30.6 Å². The zero-order valence-electron chi connectivity index (χ0n) is 16.3. The normalized spacial score (nSPS) is 12.8. The van der Waals surface area contributed by atoms with Gasteiger partial charge in [-0.15, -0.1) is 0 Å². The van der Waals surface area contributed by atoms with Gasteiger partial charge in [-0.05, 0) is 36.4 Å². The molecule has 1 aromatic heterocycles. The highest BCUT2D eigenvalue weighted by atomic mass is 16.6. The van der Waals surface area contributed by atoms with Gasteiger partial charge in [0.25, 0.3) is 5.69 Å². The van der Waals surface area contributed by atoms with Crippen LogP contribution in [-0.2, 0) is 4.74 Å². The van der Waals surface area contributed by atoms with Crippen LogP contribution in [0.4, 0.5) is 17.2 Å². The lowest BCUT2D eigenvalue weighted by Crippen LogP contribution is -2.27. The Morgan fingerprint density at radius 2 is 1.97 bits per heavy atom. The van der Waals surface area contributed by atoms with Crippen LogP contribution in [-0.4, -0.2) is 42.8 Å². The second kappa shape index (κ2) is 8.66. The number of aromatic amines is 1. The third kappa shape index (κ3) is 4.11. The lowest BCUT2D eigenvalue weighted by atomic mass is 10.2. The van der Waals surface area contributed by atoms with Gasteiger partial charge in [-0.1, -0.05) is 6.07 Å². The largest absolute Gasteiger partial charge is 0.491 e. The third-order valence-electron chi connectivity index (χ3n) is 4.53. The molecular weight excluding hydrogens is 388 g/mol. The first-order valence-electron chi connectivity index (χ1n) is 9.29. The van der Waals surface area contributed by atoms with Gasteiger partial charge in [-0.2, -0.15) is 0 Å². The monoisotopic (exact) mass is 408 g/mol. The van der Waals surface area contributed by atoms with Crippen molar-refractivity contribution in [2.45, 2.75) is 0 Å². The Morgan fingerprint density at radius 1 is 1.13 bits per heavy atom. The van der Waals surface area contributed by atoms with E-state index in [9.17, 15) is 10.1 Å². The quantitative estimate of drug-likeness (QED) is 0.362. The molecule has 0 radical (unpaired) electrons. The van der Waals surface area contributed by atoms with Gasteiger partial charge >= 0.3 is 0 Å². The Kier molecular flexibility index (Phi) is 5.62. The number of fused-ring (bicyclic) bond motifs is 1. The molecule has 0 bridgehead atoms. The predicted molar refractivity (Wildman–Crippen MR) is 112 cm³/mol. The number of anilines is 2. The number of hydrogen-bond donors (Lipinski definition) is 1. The maximum absolute atomic E-state index is 11.0. The van der Waals surface area contributed by atoms with Crippen molar-refractivity contribution in [1.82, 2.24) is 4.98 Å². The lowest BCUT2D eigenvalue weighted by molar-refractivity contribution is -0.384. The van der Waals surface area contributed by atoms with Crippen molar-refractivity contribution >= 4 is 23.1 Å². The van der Waals surface area contributed by atoms with E-state index in [-0.39, 0.29) is 5.69 Å². The van der Waals surface area contributed by atoms with Crippen LogP contribution in [0.3, 0.4) is 0 Å². The minimum atomic E-state index is -0.457. The van der Waals surface area contributed by atoms with Crippen molar-refractivity contribution in [3.05, 3.63) is 76.5 Å². The number of H-pyrrole nitrogens is 1. The van der Waals surface area contributed by atoms with E-state index < -0.39 is 4.92 Å². The summed E-state index contributed by atoms with van der Waals surface area (Å²) < 4.78 is 16.4. The van der Waals surface area contributed by atoms with Gasteiger partial charge in [0, 0.05) is 25.1 Å². The molecule has 2 aromatic carbocycles. The molecule has 4 rings (SSSR count). The molecule has 0 fully saturated rings. The number of nitrogens with zero attached hydrogens (tertiary/aromatic N) is 3. The number of rotatable bonds is 7. The number of hydrogen-bond acceptors (Lipinski definition) is 7. The summed E-state index contributed by atoms with van der Waals surface area (Å²) in [6.45, 7) is 1.35. The lowest BCUT2D eigenvalue weighted by Gasteiger charge is -2.27. The van der Waals surface area contributed by atoms with Crippen LogP contribution in [0.15, 0.2) is 65.8 Å². The predicted octanol–water partition coefficient (Wildman–Crippen LogP) is 3.88. The molecule has 30 heavy (non-hydrogen) atoms. The summed E-state index contributed by atoms with van der Waals surface area (Å²) in [4.78, 5) is 20.3. The second-order valence-corrected chi connectivity index (χ2v) is 6.46. The summed E-state index contributed by atoms with van der Waals surface area (Å²) in [6.07, 6.45) is 1.80. The molecule has 0 amide bonds. The van der Waals surface area contributed by atoms with E-state index in [1.807, 2.05) is 35.2 Å². The first kappa shape index (κ1) is 19.5. The average Bonchev–Trinajstić information content (AvgIpc) is 3.25. The summed E-state index contributed by atoms with van der Waals surface area (Å²) in [5.41, 5.74) is 1.68. The van der Waals surface area contributed by atoms with Gasteiger partial charge < -0.3 is 24.1 Å². The van der Waals surface area contributed by atoms with E-state index in [1.165, 1.54) is 12.1 Å². The molecule has 3 aromatic rings. The molecule has 9 heteroatoms. The van der Waals surface area contributed by atoms with E-state index in [4.69, 9.17) is 14.2 Å². The summed E-state index contributed by atoms with van der Waals surface area (Å²) in [5.74, 6) is 2.36. The molecular formula is C21H20N4O5. The molecule has 0 atom stereocenters. The fourth-order valence-electron chi connectivity index (χ4n) is 3.08. The highest BCUT2D eigenvalue weighted by Gasteiger charge is 2.24. The Morgan fingerprint density at radius 3 is 2.73 bits per heavy atom. The number of nitro groups is 1. The highest BCUT2D eigenvalue weighted by molar-refractivity contribution is 6.02. The van der Waals surface area contributed by atoms with Crippen LogP contribution in [0.5, 0.6) is 11.5 Å². The Labute approximate surface area is 172 Å². The van der Waals surface area contributed by atoms with Crippen molar-refractivity contribution in [2.75, 3.05) is 31.9 Å².